The summed E-state index contributed by atoms with van der Waals surface area (Å²) in [6.07, 6.45) is -4.34. The van der Waals surface area contributed by atoms with Crippen LogP contribution in [0.25, 0.3) is 0 Å². The van der Waals surface area contributed by atoms with Gasteiger partial charge in [0, 0.05) is 16.9 Å². The number of nitrogens with zero attached hydrogens (tertiary/aromatic N) is 1. The summed E-state index contributed by atoms with van der Waals surface area (Å²) in [5, 5.41) is 8.83. The van der Waals surface area contributed by atoms with Gasteiger partial charge in [0.2, 0.25) is 0 Å². The number of carboxylic acids is 1. The normalized spacial score (nSPS) is 11.8. The molecule has 1 aromatic rings. The predicted molar refractivity (Wildman–Crippen MR) is 57.4 cm³/mol. The Labute approximate surface area is 100 Å². The quantitative estimate of drug-likeness (QED) is 0.890. The standard InChI is InChI=1S/C10H12F3NO2S/c1-2-6-7(4-3-5-10(11,12)13)17-14-8(6)9(15)16/h2-5H2,1H3,(H,15,16). The minimum absolute atomic E-state index is 0.0282. The van der Waals surface area contributed by atoms with E-state index in [-0.39, 0.29) is 18.5 Å². The molecule has 1 N–H and O–H groups in total. The van der Waals surface area contributed by atoms with Gasteiger partial charge in [0.15, 0.2) is 5.69 Å². The van der Waals surface area contributed by atoms with Crippen LogP contribution in [0.15, 0.2) is 0 Å². The largest absolute Gasteiger partial charge is 0.476 e. The summed E-state index contributed by atoms with van der Waals surface area (Å²) >= 11 is 0.981. The zero-order valence-electron chi connectivity index (χ0n) is 9.17. The zero-order valence-corrected chi connectivity index (χ0v) is 9.99. The highest BCUT2D eigenvalue weighted by molar-refractivity contribution is 7.06. The van der Waals surface area contributed by atoms with Gasteiger partial charge < -0.3 is 5.11 Å². The highest BCUT2D eigenvalue weighted by atomic mass is 32.1. The third-order valence-corrected chi connectivity index (χ3v) is 3.23. The monoisotopic (exact) mass is 267 g/mol. The van der Waals surface area contributed by atoms with Crippen molar-refractivity contribution in [2.24, 2.45) is 0 Å². The first kappa shape index (κ1) is 14.0. The molecule has 0 aromatic carbocycles. The first-order valence-electron chi connectivity index (χ1n) is 5.12. The van der Waals surface area contributed by atoms with E-state index in [1.807, 2.05) is 0 Å². The van der Waals surface area contributed by atoms with E-state index in [0.717, 1.165) is 11.5 Å². The van der Waals surface area contributed by atoms with Crippen LogP contribution in [0.2, 0.25) is 0 Å². The van der Waals surface area contributed by atoms with Crippen molar-refractivity contribution in [3.05, 3.63) is 16.1 Å². The Kier molecular flexibility index (Phi) is 4.50. The zero-order chi connectivity index (χ0) is 13.1. The molecule has 0 aliphatic heterocycles. The lowest BCUT2D eigenvalue weighted by molar-refractivity contribution is -0.135. The Morgan fingerprint density at radius 2 is 2.12 bits per heavy atom. The Bertz CT molecular complexity index is 401. The van der Waals surface area contributed by atoms with Crippen molar-refractivity contribution >= 4 is 17.5 Å². The molecule has 0 aliphatic rings. The van der Waals surface area contributed by atoms with Gasteiger partial charge in [-0.05, 0) is 30.8 Å². The molecule has 0 amide bonds. The van der Waals surface area contributed by atoms with Crippen molar-refractivity contribution in [1.29, 1.82) is 0 Å². The minimum Gasteiger partial charge on any atom is -0.476 e. The van der Waals surface area contributed by atoms with Crippen LogP contribution in [0.1, 0.15) is 40.7 Å². The maximum atomic E-state index is 12.0. The molecule has 0 saturated heterocycles. The highest BCUT2D eigenvalue weighted by Crippen LogP contribution is 2.26. The van der Waals surface area contributed by atoms with Crippen LogP contribution in [0, 0.1) is 0 Å². The van der Waals surface area contributed by atoms with Crippen LogP contribution in [0.5, 0.6) is 0 Å². The van der Waals surface area contributed by atoms with E-state index in [1.54, 1.807) is 6.92 Å². The second kappa shape index (κ2) is 5.48. The molecular formula is C10H12F3NO2S. The van der Waals surface area contributed by atoms with Gasteiger partial charge in [0.1, 0.15) is 0 Å². The van der Waals surface area contributed by atoms with Crippen molar-refractivity contribution in [2.45, 2.75) is 38.8 Å². The van der Waals surface area contributed by atoms with Crippen molar-refractivity contribution in [3.63, 3.8) is 0 Å². The second-order valence-electron chi connectivity index (χ2n) is 3.56. The summed E-state index contributed by atoms with van der Waals surface area (Å²) in [4.78, 5) is 11.4. The van der Waals surface area contributed by atoms with Gasteiger partial charge >= 0.3 is 12.1 Å². The van der Waals surface area contributed by atoms with Gasteiger partial charge in [0.25, 0.3) is 0 Å². The van der Waals surface area contributed by atoms with E-state index in [2.05, 4.69) is 4.37 Å². The van der Waals surface area contributed by atoms with Gasteiger partial charge in [-0.3, -0.25) is 0 Å². The summed E-state index contributed by atoms with van der Waals surface area (Å²) in [6.45, 7) is 1.77. The van der Waals surface area contributed by atoms with E-state index < -0.39 is 18.6 Å². The third-order valence-electron chi connectivity index (χ3n) is 2.29. The number of carboxylic acid groups (broad SMARTS) is 1. The smallest absolute Gasteiger partial charge is 0.389 e. The number of alkyl halides is 3. The van der Waals surface area contributed by atoms with Crippen molar-refractivity contribution < 1.29 is 23.1 Å². The number of carbonyl (C=O) groups is 1. The highest BCUT2D eigenvalue weighted by Gasteiger charge is 2.26. The van der Waals surface area contributed by atoms with Crippen molar-refractivity contribution in [2.75, 3.05) is 0 Å². The molecule has 96 valence electrons. The molecule has 1 heterocycles. The lowest BCUT2D eigenvalue weighted by Gasteiger charge is -2.05. The first-order valence-corrected chi connectivity index (χ1v) is 5.90. The van der Waals surface area contributed by atoms with E-state index in [9.17, 15) is 18.0 Å². The van der Waals surface area contributed by atoms with Gasteiger partial charge in [-0.1, -0.05) is 6.92 Å². The van der Waals surface area contributed by atoms with Gasteiger partial charge in [-0.2, -0.15) is 17.5 Å². The lowest BCUT2D eigenvalue weighted by Crippen LogP contribution is -2.07. The number of aromatic carboxylic acids is 1. The van der Waals surface area contributed by atoms with Gasteiger partial charge in [-0.15, -0.1) is 0 Å². The number of aromatic nitrogens is 1. The second-order valence-corrected chi connectivity index (χ2v) is 4.42. The van der Waals surface area contributed by atoms with E-state index >= 15 is 0 Å². The Hall–Kier alpha value is -1.11. The van der Waals surface area contributed by atoms with Gasteiger partial charge in [0.05, 0.1) is 0 Å². The third kappa shape index (κ3) is 3.99. The average molecular weight is 267 g/mol. The molecule has 17 heavy (non-hydrogen) atoms. The molecule has 0 fully saturated rings. The maximum absolute atomic E-state index is 12.0. The maximum Gasteiger partial charge on any atom is 0.389 e. The minimum atomic E-state index is -4.16. The fourth-order valence-electron chi connectivity index (χ4n) is 1.52. The summed E-state index contributed by atoms with van der Waals surface area (Å²) in [7, 11) is 0. The molecule has 0 bridgehead atoms. The van der Waals surface area contributed by atoms with Crippen LogP contribution in [0.3, 0.4) is 0 Å². The Morgan fingerprint density at radius 3 is 2.59 bits per heavy atom. The summed E-state index contributed by atoms with van der Waals surface area (Å²) in [6, 6.07) is 0. The fraction of sp³-hybridized carbons (Fsp3) is 0.600. The van der Waals surface area contributed by atoms with E-state index in [0.29, 0.717) is 16.9 Å². The topological polar surface area (TPSA) is 50.2 Å². The summed E-state index contributed by atoms with van der Waals surface area (Å²) in [5.41, 5.74) is 0.532. The molecule has 0 unspecified atom stereocenters. The van der Waals surface area contributed by atoms with Crippen LogP contribution >= 0.6 is 11.5 Å². The molecule has 1 aromatic heterocycles. The molecule has 0 spiro atoms. The fourth-order valence-corrected chi connectivity index (χ4v) is 2.50. The predicted octanol–water partition coefficient (Wildman–Crippen LogP) is 3.29. The molecular weight excluding hydrogens is 255 g/mol. The first-order chi connectivity index (χ1) is 7.85. The van der Waals surface area contributed by atoms with Gasteiger partial charge in [-0.25, -0.2) is 4.79 Å². The van der Waals surface area contributed by atoms with Crippen LogP contribution in [0.4, 0.5) is 13.2 Å². The van der Waals surface area contributed by atoms with Crippen molar-refractivity contribution in [1.82, 2.24) is 4.37 Å². The van der Waals surface area contributed by atoms with E-state index in [1.165, 1.54) is 0 Å². The molecule has 1 rings (SSSR count). The number of hydrogen-bond acceptors (Lipinski definition) is 3. The molecule has 7 heteroatoms. The SMILES string of the molecule is CCc1c(C(=O)O)nsc1CCCC(F)(F)F. The number of aryl methyl sites for hydroxylation is 1. The van der Waals surface area contributed by atoms with Crippen LogP contribution in [-0.2, 0) is 12.8 Å². The van der Waals surface area contributed by atoms with Crippen molar-refractivity contribution in [3.8, 4) is 0 Å². The van der Waals surface area contributed by atoms with Crippen LogP contribution < -0.4 is 0 Å². The number of hydrogen-bond donors (Lipinski definition) is 1. The Morgan fingerprint density at radius 1 is 1.47 bits per heavy atom. The molecule has 0 atom stereocenters. The number of rotatable bonds is 5. The van der Waals surface area contributed by atoms with Crippen LogP contribution in [-0.4, -0.2) is 21.6 Å². The summed E-state index contributed by atoms with van der Waals surface area (Å²) < 4.78 is 39.7. The molecule has 0 radical (unpaired) electrons. The Balaban J connectivity index is 2.69. The molecule has 3 nitrogen and oxygen atoms in total. The number of halogens is 3. The molecule has 0 aliphatic carbocycles. The average Bonchev–Trinajstić information content (AvgIpc) is 2.58. The summed E-state index contributed by atoms with van der Waals surface area (Å²) in [5.74, 6) is -1.12. The lowest BCUT2D eigenvalue weighted by atomic mass is 10.1. The molecule has 0 saturated carbocycles. The van der Waals surface area contributed by atoms with E-state index in [4.69, 9.17) is 5.11 Å².